The minimum atomic E-state index is -0.174. The number of amides is 2. The highest BCUT2D eigenvalue weighted by Crippen LogP contribution is 2.12. The summed E-state index contributed by atoms with van der Waals surface area (Å²) >= 11 is 0. The van der Waals surface area contributed by atoms with Crippen LogP contribution in [0.15, 0.2) is 0 Å². The Bertz CT molecular complexity index is 230. The van der Waals surface area contributed by atoms with Crippen LogP contribution < -0.4 is 0 Å². The molecule has 0 aromatic heterocycles. The highest BCUT2D eigenvalue weighted by Gasteiger charge is 2.34. The molecule has 0 N–H and O–H groups in total. The van der Waals surface area contributed by atoms with Gasteiger partial charge in [0, 0.05) is 7.11 Å². The second-order valence-corrected chi connectivity index (χ2v) is 3.33. The lowest BCUT2D eigenvalue weighted by Crippen LogP contribution is -2.50. The van der Waals surface area contributed by atoms with Gasteiger partial charge in [-0.15, -0.1) is 0 Å². The van der Waals surface area contributed by atoms with E-state index in [0.29, 0.717) is 0 Å². The van der Waals surface area contributed by atoms with Crippen molar-refractivity contribution in [2.24, 2.45) is 0 Å². The largest absolute Gasteiger partial charge is 0.379 e. The van der Waals surface area contributed by atoms with Gasteiger partial charge in [0.1, 0.15) is 13.2 Å². The second kappa shape index (κ2) is 16.1. The number of methoxy groups -OCH3 is 1. The highest BCUT2D eigenvalue weighted by atomic mass is 16.5. The van der Waals surface area contributed by atoms with E-state index in [2.05, 4.69) is 0 Å². The average Bonchev–Trinajstić information content (AvgIpc) is 2.16. The van der Waals surface area contributed by atoms with Crippen LogP contribution in [0.2, 0.25) is 0 Å². The number of ether oxygens (including phenoxy) is 2. The van der Waals surface area contributed by atoms with Gasteiger partial charge < -0.3 is 9.47 Å². The molecule has 0 aliphatic carbocycles. The van der Waals surface area contributed by atoms with E-state index in [1.807, 2.05) is 13.8 Å². The van der Waals surface area contributed by atoms with Crippen LogP contribution in [-0.2, 0) is 19.1 Å². The fourth-order valence-corrected chi connectivity index (χ4v) is 1.03. The van der Waals surface area contributed by atoms with Crippen LogP contribution in [0, 0.1) is 0 Å². The minimum Gasteiger partial charge on any atom is -0.379 e. The molecule has 1 aliphatic heterocycles. The monoisotopic (exact) mass is 297 g/mol. The van der Waals surface area contributed by atoms with Crippen LogP contribution in [0.25, 0.3) is 0 Å². The first-order chi connectivity index (χ1) is 6.56. The van der Waals surface area contributed by atoms with E-state index in [1.165, 1.54) is 0 Å². The van der Waals surface area contributed by atoms with Gasteiger partial charge in [0.15, 0.2) is 0 Å². The van der Waals surface area contributed by atoms with Crippen LogP contribution in [0.3, 0.4) is 0 Å². The fourth-order valence-electron chi connectivity index (χ4n) is 1.03. The van der Waals surface area contributed by atoms with Crippen molar-refractivity contribution in [3.05, 3.63) is 0 Å². The quantitative estimate of drug-likeness (QED) is 0.569. The van der Waals surface area contributed by atoms with Crippen molar-refractivity contribution in [2.75, 3.05) is 13.8 Å². The Hall–Kier alpha value is -0.940. The maximum absolute atomic E-state index is 10.9. The summed E-state index contributed by atoms with van der Waals surface area (Å²) in [5.41, 5.74) is 0. The maximum atomic E-state index is 10.9. The van der Waals surface area contributed by atoms with E-state index < -0.39 is 0 Å². The normalized spacial score (nSPS) is 14.4. The van der Waals surface area contributed by atoms with E-state index in [1.54, 1.807) is 7.11 Å². The molecular weight excluding hydrogens is 258 g/mol. The minimum absolute atomic E-state index is 0. The fraction of sp³-hybridized carbons (Fsp3) is 0.867. The molecule has 2 unspecified atom stereocenters. The van der Waals surface area contributed by atoms with Crippen LogP contribution >= 0.6 is 0 Å². The molecule has 20 heavy (non-hydrogen) atoms. The summed E-state index contributed by atoms with van der Waals surface area (Å²) in [6.45, 7) is 3.74. The second-order valence-electron chi connectivity index (χ2n) is 3.33. The Labute approximate surface area is 127 Å². The smallest absolute Gasteiger partial charge is 0.240 e. The van der Waals surface area contributed by atoms with Crippen LogP contribution in [0.5, 0.6) is 0 Å². The van der Waals surface area contributed by atoms with Gasteiger partial charge in [-0.25, -0.2) is 0 Å². The van der Waals surface area contributed by atoms with Crippen molar-refractivity contribution in [3.8, 4) is 0 Å². The maximum Gasteiger partial charge on any atom is 0.240 e. The molecule has 0 saturated carbocycles. The zero-order valence-corrected chi connectivity index (χ0v) is 8.65. The molecule has 0 aromatic rings. The molecule has 5 nitrogen and oxygen atoms in total. The number of rotatable bonds is 5. The van der Waals surface area contributed by atoms with E-state index in [0.717, 1.165) is 4.90 Å². The summed E-state index contributed by atoms with van der Waals surface area (Å²) in [5.74, 6) is -0.348. The molecule has 1 aliphatic rings. The van der Waals surface area contributed by atoms with Crippen molar-refractivity contribution >= 4 is 11.8 Å². The lowest BCUT2D eigenvalue weighted by atomic mass is 10.2. The van der Waals surface area contributed by atoms with Gasteiger partial charge in [-0.2, -0.15) is 0 Å². The number of carbonyl (C=O) groups is 2. The molecule has 1 fully saturated rings. The van der Waals surface area contributed by atoms with Crippen LogP contribution in [0.4, 0.5) is 0 Å². The summed E-state index contributed by atoms with van der Waals surface area (Å²) in [5, 5.41) is 0. The molecular formula is C15H39NO4. The van der Waals surface area contributed by atoms with Gasteiger partial charge in [0.05, 0.1) is 12.2 Å². The van der Waals surface area contributed by atoms with E-state index in [9.17, 15) is 9.59 Å². The van der Waals surface area contributed by atoms with Gasteiger partial charge in [-0.1, -0.05) is 44.6 Å². The standard InChI is InChI=1S/C9H15NO4.6CH4/c1-6(13-3)7(2)14-5-10-8(11)4-9(10)12;;;;;;/h6-7H,4-5H2,1-3H3;6*1H4. The zero-order chi connectivity index (χ0) is 10.7. The van der Waals surface area contributed by atoms with E-state index >= 15 is 0 Å². The van der Waals surface area contributed by atoms with Gasteiger partial charge >= 0.3 is 0 Å². The first-order valence-electron chi connectivity index (χ1n) is 4.54. The lowest BCUT2D eigenvalue weighted by molar-refractivity contribution is -0.168. The molecule has 0 spiro atoms. The number of β-lactam (4-membered cyclic amide) rings is 2. The van der Waals surface area contributed by atoms with Crippen molar-refractivity contribution in [1.82, 2.24) is 4.90 Å². The third-order valence-electron chi connectivity index (χ3n) is 2.40. The van der Waals surface area contributed by atoms with Crippen molar-refractivity contribution in [1.29, 1.82) is 0 Å². The van der Waals surface area contributed by atoms with E-state index in [4.69, 9.17) is 9.47 Å². The van der Waals surface area contributed by atoms with Gasteiger partial charge in [0.25, 0.3) is 0 Å². The van der Waals surface area contributed by atoms with Crippen LogP contribution in [0.1, 0.15) is 64.8 Å². The molecule has 1 rings (SSSR count). The summed E-state index contributed by atoms with van der Waals surface area (Å²) in [6.07, 6.45) is -0.180. The summed E-state index contributed by atoms with van der Waals surface area (Å²) in [4.78, 5) is 22.9. The predicted octanol–water partition coefficient (Wildman–Crippen LogP) is 3.96. The van der Waals surface area contributed by atoms with Gasteiger partial charge in [-0.05, 0) is 13.8 Å². The number of likely N-dealkylation sites (tertiary alicyclic amines) is 1. The molecule has 5 heteroatoms. The van der Waals surface area contributed by atoms with Crippen molar-refractivity contribution in [2.45, 2.75) is 77.0 Å². The molecule has 1 heterocycles. The SMILES string of the molecule is C.C.C.C.C.C.COC(C)C(C)OCN1C(=O)CC1=O. The summed E-state index contributed by atoms with van der Waals surface area (Å²) in [6, 6.07) is 0. The first-order valence-corrected chi connectivity index (χ1v) is 4.54. The number of carbonyl (C=O) groups excluding carboxylic acids is 2. The molecule has 1 saturated heterocycles. The van der Waals surface area contributed by atoms with E-state index in [-0.39, 0.29) is 81.7 Å². The summed E-state index contributed by atoms with van der Waals surface area (Å²) in [7, 11) is 1.59. The van der Waals surface area contributed by atoms with Crippen LogP contribution in [-0.4, -0.2) is 42.8 Å². The Morgan fingerprint density at radius 2 is 1.35 bits per heavy atom. The zero-order valence-electron chi connectivity index (χ0n) is 8.65. The first kappa shape index (κ1) is 36.4. The lowest BCUT2D eigenvalue weighted by Gasteiger charge is -2.30. The number of imide groups is 1. The van der Waals surface area contributed by atoms with Gasteiger partial charge in [0.2, 0.25) is 11.8 Å². The van der Waals surface area contributed by atoms with Gasteiger partial charge in [-0.3, -0.25) is 14.5 Å². The Morgan fingerprint density at radius 3 is 1.65 bits per heavy atom. The Balaban J connectivity index is -0.0000000817. The topological polar surface area (TPSA) is 55.8 Å². The molecule has 128 valence electrons. The van der Waals surface area contributed by atoms with Crippen molar-refractivity contribution < 1.29 is 19.1 Å². The average molecular weight is 297 g/mol. The molecule has 0 bridgehead atoms. The third kappa shape index (κ3) is 9.04. The number of nitrogens with zero attached hydrogens (tertiary/aromatic N) is 1. The Morgan fingerprint density at radius 1 is 0.950 bits per heavy atom. The predicted molar refractivity (Wildman–Crippen MR) is 88.7 cm³/mol. The molecule has 0 aromatic carbocycles. The summed E-state index contributed by atoms with van der Waals surface area (Å²) < 4.78 is 10.3. The highest BCUT2D eigenvalue weighted by molar-refractivity contribution is 6.14. The molecule has 0 radical (unpaired) electrons. The number of hydrogen-bond donors (Lipinski definition) is 0. The number of hydrogen-bond acceptors (Lipinski definition) is 4. The molecule has 2 atom stereocenters. The van der Waals surface area contributed by atoms with Crippen molar-refractivity contribution in [3.63, 3.8) is 0 Å². The molecule has 2 amide bonds. The third-order valence-corrected chi connectivity index (χ3v) is 2.40. The Kier molecular flexibility index (Phi) is 29.4.